The Balaban J connectivity index is 2.19. The first kappa shape index (κ1) is 12.2. The summed E-state index contributed by atoms with van der Waals surface area (Å²) in [6, 6.07) is 0. The van der Waals surface area contributed by atoms with Gasteiger partial charge in [0.15, 0.2) is 9.84 Å². The first-order valence-electron chi connectivity index (χ1n) is 4.75. The number of hydrogen-bond donors (Lipinski definition) is 0. The molecule has 1 aliphatic rings. The number of rotatable bonds is 4. The third kappa shape index (κ3) is 4.44. The van der Waals surface area contributed by atoms with Gasteiger partial charge in [0.1, 0.15) is 6.61 Å². The maximum atomic E-state index is 11.1. The van der Waals surface area contributed by atoms with Crippen molar-refractivity contribution < 1.29 is 17.9 Å². The molecule has 6 heteroatoms. The van der Waals surface area contributed by atoms with Gasteiger partial charge in [-0.1, -0.05) is 6.58 Å². The van der Waals surface area contributed by atoms with Crippen molar-refractivity contribution in [1.29, 1.82) is 0 Å². The number of nitrogens with zero attached hydrogens (tertiary/aromatic N) is 1. The number of sulfone groups is 1. The molecule has 0 aromatic rings. The van der Waals surface area contributed by atoms with Crippen molar-refractivity contribution in [1.82, 2.24) is 4.90 Å². The van der Waals surface area contributed by atoms with Gasteiger partial charge in [-0.05, 0) is 0 Å². The standard InChI is InChI=1S/C9H15NO4S/c1-2-9(11)14-6-3-10-4-7-15(12,13)8-5-10/h2H,1,3-8H2. The summed E-state index contributed by atoms with van der Waals surface area (Å²) in [6.45, 7) is 5.18. The summed E-state index contributed by atoms with van der Waals surface area (Å²) in [5.41, 5.74) is 0. The van der Waals surface area contributed by atoms with E-state index < -0.39 is 15.8 Å². The summed E-state index contributed by atoms with van der Waals surface area (Å²) in [5, 5.41) is 0. The Morgan fingerprint density at radius 3 is 2.53 bits per heavy atom. The minimum Gasteiger partial charge on any atom is -0.461 e. The van der Waals surface area contributed by atoms with Gasteiger partial charge >= 0.3 is 5.97 Å². The minimum absolute atomic E-state index is 0.197. The molecule has 0 N–H and O–H groups in total. The monoisotopic (exact) mass is 233 g/mol. The highest BCUT2D eigenvalue weighted by Crippen LogP contribution is 2.02. The average Bonchev–Trinajstić information content (AvgIpc) is 2.20. The predicted octanol–water partition coefficient (Wildman–Crippen LogP) is -0.554. The normalized spacial score (nSPS) is 20.8. The molecule has 0 unspecified atom stereocenters. The van der Waals surface area contributed by atoms with Crippen molar-refractivity contribution in [3.05, 3.63) is 12.7 Å². The van der Waals surface area contributed by atoms with Gasteiger partial charge in [0.25, 0.3) is 0 Å². The van der Waals surface area contributed by atoms with Crippen LogP contribution in [0.2, 0.25) is 0 Å². The second-order valence-electron chi connectivity index (χ2n) is 3.37. The van der Waals surface area contributed by atoms with E-state index in [1.165, 1.54) is 0 Å². The zero-order valence-corrected chi connectivity index (χ0v) is 9.33. The van der Waals surface area contributed by atoms with Gasteiger partial charge in [-0.15, -0.1) is 0 Å². The minimum atomic E-state index is -2.83. The summed E-state index contributed by atoms with van der Waals surface area (Å²) in [5.74, 6) is -0.0511. The van der Waals surface area contributed by atoms with Crippen LogP contribution < -0.4 is 0 Å². The fourth-order valence-corrected chi connectivity index (χ4v) is 2.58. The van der Waals surface area contributed by atoms with Crippen molar-refractivity contribution in [3.8, 4) is 0 Å². The van der Waals surface area contributed by atoms with Gasteiger partial charge in [-0.3, -0.25) is 4.90 Å². The Morgan fingerprint density at radius 1 is 1.40 bits per heavy atom. The lowest BCUT2D eigenvalue weighted by Crippen LogP contribution is -2.41. The smallest absolute Gasteiger partial charge is 0.330 e. The maximum absolute atomic E-state index is 11.1. The van der Waals surface area contributed by atoms with Crippen molar-refractivity contribution in [2.45, 2.75) is 0 Å². The van der Waals surface area contributed by atoms with E-state index >= 15 is 0 Å². The third-order valence-corrected chi connectivity index (χ3v) is 3.86. The number of carbonyl (C=O) groups is 1. The summed E-state index contributed by atoms with van der Waals surface area (Å²) in [4.78, 5) is 12.7. The molecule has 5 nitrogen and oxygen atoms in total. The summed E-state index contributed by atoms with van der Waals surface area (Å²) in [6.07, 6.45) is 1.11. The molecule has 0 aliphatic carbocycles. The Hall–Kier alpha value is -0.880. The zero-order chi connectivity index (χ0) is 11.3. The van der Waals surface area contributed by atoms with Crippen LogP contribution in [0, 0.1) is 0 Å². The van der Waals surface area contributed by atoms with Crippen LogP contribution >= 0.6 is 0 Å². The van der Waals surface area contributed by atoms with E-state index in [9.17, 15) is 13.2 Å². The van der Waals surface area contributed by atoms with Crippen LogP contribution in [0.4, 0.5) is 0 Å². The maximum Gasteiger partial charge on any atom is 0.330 e. The first-order chi connectivity index (χ1) is 7.03. The molecular formula is C9H15NO4S. The van der Waals surface area contributed by atoms with Gasteiger partial charge in [-0.25, -0.2) is 13.2 Å². The molecule has 0 spiro atoms. The van der Waals surface area contributed by atoms with Crippen molar-refractivity contribution in [2.24, 2.45) is 0 Å². The van der Waals surface area contributed by atoms with E-state index in [-0.39, 0.29) is 18.1 Å². The topological polar surface area (TPSA) is 63.7 Å². The van der Waals surface area contributed by atoms with Gasteiger partial charge in [0, 0.05) is 25.7 Å². The highest BCUT2D eigenvalue weighted by molar-refractivity contribution is 7.91. The Kier molecular flexibility index (Phi) is 4.28. The van der Waals surface area contributed by atoms with Crippen LogP contribution in [-0.4, -0.2) is 57.0 Å². The number of ether oxygens (including phenoxy) is 1. The van der Waals surface area contributed by atoms with Crippen LogP contribution in [0.15, 0.2) is 12.7 Å². The lowest BCUT2D eigenvalue weighted by Gasteiger charge is -2.25. The van der Waals surface area contributed by atoms with Crippen molar-refractivity contribution in [2.75, 3.05) is 37.7 Å². The molecule has 0 saturated carbocycles. The molecule has 1 fully saturated rings. The third-order valence-electron chi connectivity index (χ3n) is 2.26. The van der Waals surface area contributed by atoms with E-state index in [0.717, 1.165) is 6.08 Å². The molecule has 0 amide bonds. The van der Waals surface area contributed by atoms with Crippen LogP contribution in [0.3, 0.4) is 0 Å². The molecule has 0 aromatic heterocycles. The van der Waals surface area contributed by atoms with E-state index in [1.54, 1.807) is 0 Å². The van der Waals surface area contributed by atoms with Crippen molar-refractivity contribution >= 4 is 15.8 Å². The van der Waals surface area contributed by atoms with Crippen molar-refractivity contribution in [3.63, 3.8) is 0 Å². The number of esters is 1. The van der Waals surface area contributed by atoms with Crippen LogP contribution in [0.25, 0.3) is 0 Å². The number of hydrogen-bond acceptors (Lipinski definition) is 5. The molecule has 1 heterocycles. The van der Waals surface area contributed by atoms with E-state index in [2.05, 4.69) is 6.58 Å². The van der Waals surface area contributed by atoms with Crippen LogP contribution in [0.1, 0.15) is 0 Å². The summed E-state index contributed by atoms with van der Waals surface area (Å²) in [7, 11) is -2.83. The molecule has 0 atom stereocenters. The van der Waals surface area contributed by atoms with Crippen LogP contribution in [0.5, 0.6) is 0 Å². The highest BCUT2D eigenvalue weighted by Gasteiger charge is 2.21. The number of carbonyl (C=O) groups excluding carboxylic acids is 1. The fraction of sp³-hybridized carbons (Fsp3) is 0.667. The van der Waals surface area contributed by atoms with Crippen LogP contribution in [-0.2, 0) is 19.4 Å². The lowest BCUT2D eigenvalue weighted by molar-refractivity contribution is -0.138. The summed E-state index contributed by atoms with van der Waals surface area (Å²) < 4.78 is 27.0. The molecule has 0 radical (unpaired) electrons. The second kappa shape index (κ2) is 5.27. The predicted molar refractivity (Wildman–Crippen MR) is 56.2 cm³/mol. The molecular weight excluding hydrogens is 218 g/mol. The quantitative estimate of drug-likeness (QED) is 0.481. The molecule has 0 aromatic carbocycles. The molecule has 86 valence electrons. The highest BCUT2D eigenvalue weighted by atomic mass is 32.2. The van der Waals surface area contributed by atoms with Gasteiger partial charge in [0.2, 0.25) is 0 Å². The second-order valence-corrected chi connectivity index (χ2v) is 5.67. The lowest BCUT2D eigenvalue weighted by atomic mass is 10.5. The molecule has 0 bridgehead atoms. The SMILES string of the molecule is C=CC(=O)OCCN1CCS(=O)(=O)CC1. The fourth-order valence-electron chi connectivity index (χ4n) is 1.31. The first-order valence-corrected chi connectivity index (χ1v) is 6.57. The molecule has 1 aliphatic heterocycles. The zero-order valence-electron chi connectivity index (χ0n) is 8.52. The van der Waals surface area contributed by atoms with E-state index in [0.29, 0.717) is 19.6 Å². The van der Waals surface area contributed by atoms with Gasteiger partial charge < -0.3 is 4.74 Å². The molecule has 1 saturated heterocycles. The Labute approximate surface area is 89.6 Å². The molecule has 1 rings (SSSR count). The van der Waals surface area contributed by atoms with Gasteiger partial charge in [-0.2, -0.15) is 0 Å². The molecule has 15 heavy (non-hydrogen) atoms. The van der Waals surface area contributed by atoms with E-state index in [1.807, 2.05) is 4.90 Å². The Bertz CT molecular complexity index is 322. The average molecular weight is 233 g/mol. The summed E-state index contributed by atoms with van der Waals surface area (Å²) >= 11 is 0. The van der Waals surface area contributed by atoms with E-state index in [4.69, 9.17) is 4.74 Å². The Morgan fingerprint density at radius 2 is 2.00 bits per heavy atom. The van der Waals surface area contributed by atoms with Gasteiger partial charge in [0.05, 0.1) is 11.5 Å². The largest absolute Gasteiger partial charge is 0.461 e.